The van der Waals surface area contributed by atoms with Crippen molar-refractivity contribution in [3.63, 3.8) is 0 Å². The van der Waals surface area contributed by atoms with Crippen LogP contribution in [0.4, 0.5) is 8.78 Å². The molecule has 2 rings (SSSR count). The predicted molar refractivity (Wildman–Crippen MR) is 59.1 cm³/mol. The molecule has 1 aliphatic heterocycles. The second-order valence-electron chi connectivity index (χ2n) is 4.38. The first kappa shape index (κ1) is 12.3. The third-order valence-corrected chi connectivity index (χ3v) is 3.08. The van der Waals surface area contributed by atoms with Crippen LogP contribution in [0.15, 0.2) is 12.1 Å². The second-order valence-corrected chi connectivity index (χ2v) is 4.38. The van der Waals surface area contributed by atoms with Crippen molar-refractivity contribution in [1.29, 1.82) is 0 Å². The Bertz CT molecular complexity index is 417. The standard InChI is InChI=1S/C12H15F2NO2/c1-17-11-8(2-3-9(13)10(11)14)6-12(16)4-5-15-7-12/h2-3,15-16H,4-7H2,1H3. The summed E-state index contributed by atoms with van der Waals surface area (Å²) >= 11 is 0. The van der Waals surface area contributed by atoms with Crippen molar-refractivity contribution in [1.82, 2.24) is 5.32 Å². The number of β-amino-alcohol motifs (C(OH)–C–C–N with tert-alkyl or cyclic N) is 1. The highest BCUT2D eigenvalue weighted by Crippen LogP contribution is 2.30. The van der Waals surface area contributed by atoms with Crippen LogP contribution in [-0.4, -0.2) is 30.9 Å². The van der Waals surface area contributed by atoms with Crippen LogP contribution in [0.5, 0.6) is 5.75 Å². The number of ether oxygens (including phenoxy) is 1. The molecule has 0 radical (unpaired) electrons. The molecule has 1 aromatic rings. The number of aliphatic hydroxyl groups is 1. The first-order valence-electron chi connectivity index (χ1n) is 5.50. The normalized spacial score (nSPS) is 24.0. The van der Waals surface area contributed by atoms with Gasteiger partial charge in [0.25, 0.3) is 0 Å². The lowest BCUT2D eigenvalue weighted by molar-refractivity contribution is 0.0611. The summed E-state index contributed by atoms with van der Waals surface area (Å²) in [6.07, 6.45) is 0.843. The van der Waals surface area contributed by atoms with E-state index in [1.165, 1.54) is 13.2 Å². The highest BCUT2D eigenvalue weighted by atomic mass is 19.2. The molecule has 1 heterocycles. The molecule has 1 aromatic carbocycles. The first-order chi connectivity index (χ1) is 8.06. The molecule has 17 heavy (non-hydrogen) atoms. The number of halogens is 2. The molecule has 0 bridgehead atoms. The maximum Gasteiger partial charge on any atom is 0.200 e. The van der Waals surface area contributed by atoms with Crippen LogP contribution in [0, 0.1) is 11.6 Å². The average Bonchev–Trinajstić information content (AvgIpc) is 2.71. The lowest BCUT2D eigenvalue weighted by atomic mass is 9.93. The monoisotopic (exact) mass is 243 g/mol. The molecule has 0 spiro atoms. The van der Waals surface area contributed by atoms with Gasteiger partial charge in [0.1, 0.15) is 0 Å². The summed E-state index contributed by atoms with van der Waals surface area (Å²) in [6.45, 7) is 1.18. The Morgan fingerprint density at radius 2 is 2.24 bits per heavy atom. The van der Waals surface area contributed by atoms with Gasteiger partial charge < -0.3 is 15.2 Å². The Balaban J connectivity index is 2.29. The molecule has 0 saturated carbocycles. The molecule has 94 valence electrons. The number of methoxy groups -OCH3 is 1. The maximum absolute atomic E-state index is 13.5. The fraction of sp³-hybridized carbons (Fsp3) is 0.500. The van der Waals surface area contributed by atoms with E-state index in [1.54, 1.807) is 0 Å². The molecular weight excluding hydrogens is 228 g/mol. The average molecular weight is 243 g/mol. The van der Waals surface area contributed by atoms with Crippen LogP contribution < -0.4 is 10.1 Å². The molecule has 5 heteroatoms. The highest BCUT2D eigenvalue weighted by molar-refractivity contribution is 5.37. The van der Waals surface area contributed by atoms with Crippen molar-refractivity contribution in [3.05, 3.63) is 29.3 Å². The van der Waals surface area contributed by atoms with E-state index in [0.29, 0.717) is 18.5 Å². The molecule has 0 aliphatic carbocycles. The SMILES string of the molecule is COc1c(CC2(O)CCNC2)ccc(F)c1F. The topological polar surface area (TPSA) is 41.5 Å². The summed E-state index contributed by atoms with van der Waals surface area (Å²) < 4.78 is 31.4. The van der Waals surface area contributed by atoms with Gasteiger partial charge in [-0.15, -0.1) is 0 Å². The Labute approximate surface area is 98.4 Å². The van der Waals surface area contributed by atoms with Crippen LogP contribution in [0.1, 0.15) is 12.0 Å². The zero-order valence-electron chi connectivity index (χ0n) is 9.59. The van der Waals surface area contributed by atoms with Crippen LogP contribution in [0.3, 0.4) is 0 Å². The van der Waals surface area contributed by atoms with Crippen LogP contribution in [0.25, 0.3) is 0 Å². The molecule has 3 nitrogen and oxygen atoms in total. The van der Waals surface area contributed by atoms with Crippen molar-refractivity contribution in [2.75, 3.05) is 20.2 Å². The summed E-state index contributed by atoms with van der Waals surface area (Å²) in [5.74, 6) is -2.06. The van der Waals surface area contributed by atoms with Crippen molar-refractivity contribution < 1.29 is 18.6 Å². The van der Waals surface area contributed by atoms with E-state index >= 15 is 0 Å². The summed E-state index contributed by atoms with van der Waals surface area (Å²) in [5.41, 5.74) is -0.421. The molecule has 0 amide bonds. The summed E-state index contributed by atoms with van der Waals surface area (Å²) in [5, 5.41) is 13.2. The van der Waals surface area contributed by atoms with Crippen molar-refractivity contribution >= 4 is 0 Å². The number of hydrogen-bond acceptors (Lipinski definition) is 3. The summed E-state index contributed by atoms with van der Waals surface area (Å²) in [4.78, 5) is 0. The van der Waals surface area contributed by atoms with E-state index in [9.17, 15) is 13.9 Å². The minimum Gasteiger partial charge on any atom is -0.493 e. The van der Waals surface area contributed by atoms with E-state index in [-0.39, 0.29) is 12.2 Å². The summed E-state index contributed by atoms with van der Waals surface area (Å²) in [6, 6.07) is 2.51. The lowest BCUT2D eigenvalue weighted by Gasteiger charge is -2.22. The van der Waals surface area contributed by atoms with Crippen LogP contribution in [-0.2, 0) is 6.42 Å². The molecule has 1 atom stereocenters. The number of nitrogens with one attached hydrogen (secondary N) is 1. The number of hydrogen-bond donors (Lipinski definition) is 2. The third-order valence-electron chi connectivity index (χ3n) is 3.08. The summed E-state index contributed by atoms with van der Waals surface area (Å²) in [7, 11) is 1.29. The van der Waals surface area contributed by atoms with E-state index in [2.05, 4.69) is 5.32 Å². The Morgan fingerprint density at radius 1 is 1.47 bits per heavy atom. The number of rotatable bonds is 3. The van der Waals surface area contributed by atoms with Gasteiger partial charge in [0.2, 0.25) is 5.82 Å². The molecule has 0 aromatic heterocycles. The van der Waals surface area contributed by atoms with Crippen molar-refractivity contribution in [2.24, 2.45) is 0 Å². The Kier molecular flexibility index (Phi) is 3.31. The maximum atomic E-state index is 13.5. The zero-order valence-corrected chi connectivity index (χ0v) is 9.59. The Morgan fingerprint density at radius 3 is 2.82 bits per heavy atom. The van der Waals surface area contributed by atoms with Crippen molar-refractivity contribution in [2.45, 2.75) is 18.4 Å². The van der Waals surface area contributed by atoms with Gasteiger partial charge in [-0.05, 0) is 19.0 Å². The quantitative estimate of drug-likeness (QED) is 0.839. The molecule has 1 saturated heterocycles. The van der Waals surface area contributed by atoms with Gasteiger partial charge in [-0.3, -0.25) is 0 Å². The van der Waals surface area contributed by atoms with Gasteiger partial charge >= 0.3 is 0 Å². The van der Waals surface area contributed by atoms with E-state index < -0.39 is 17.2 Å². The van der Waals surface area contributed by atoms with Crippen molar-refractivity contribution in [3.8, 4) is 5.75 Å². The first-order valence-corrected chi connectivity index (χ1v) is 5.50. The van der Waals surface area contributed by atoms with Gasteiger partial charge in [-0.25, -0.2) is 4.39 Å². The van der Waals surface area contributed by atoms with Crippen LogP contribution in [0.2, 0.25) is 0 Å². The van der Waals surface area contributed by atoms with Gasteiger partial charge in [0.15, 0.2) is 11.6 Å². The lowest BCUT2D eigenvalue weighted by Crippen LogP contribution is -2.34. The fourth-order valence-electron chi connectivity index (χ4n) is 2.17. The fourth-order valence-corrected chi connectivity index (χ4v) is 2.17. The molecular formula is C12H15F2NO2. The Hall–Kier alpha value is -1.20. The smallest absolute Gasteiger partial charge is 0.200 e. The van der Waals surface area contributed by atoms with E-state index in [1.807, 2.05) is 0 Å². The number of benzene rings is 1. The van der Waals surface area contributed by atoms with Gasteiger partial charge in [0.05, 0.1) is 12.7 Å². The highest BCUT2D eigenvalue weighted by Gasteiger charge is 2.32. The zero-order chi connectivity index (χ0) is 12.5. The second kappa shape index (κ2) is 4.58. The minimum atomic E-state index is -1.00. The molecule has 1 aliphatic rings. The minimum absolute atomic E-state index is 0.120. The molecule has 2 N–H and O–H groups in total. The van der Waals surface area contributed by atoms with Gasteiger partial charge in [0, 0.05) is 18.5 Å². The predicted octanol–water partition coefficient (Wildman–Crippen LogP) is 1.24. The molecule has 1 fully saturated rings. The van der Waals surface area contributed by atoms with Crippen LogP contribution >= 0.6 is 0 Å². The van der Waals surface area contributed by atoms with Gasteiger partial charge in [-0.2, -0.15) is 4.39 Å². The van der Waals surface area contributed by atoms with Gasteiger partial charge in [-0.1, -0.05) is 6.07 Å². The largest absolute Gasteiger partial charge is 0.493 e. The van der Waals surface area contributed by atoms with E-state index in [4.69, 9.17) is 4.74 Å². The third kappa shape index (κ3) is 2.40. The molecule has 1 unspecified atom stereocenters. The van der Waals surface area contributed by atoms with E-state index in [0.717, 1.165) is 12.6 Å².